The van der Waals surface area contributed by atoms with Crippen LogP contribution in [0.1, 0.15) is 29.5 Å². The number of carbonyl (C=O) groups is 1. The zero-order chi connectivity index (χ0) is 21.3. The summed E-state index contributed by atoms with van der Waals surface area (Å²) in [4.78, 5) is 17.7. The van der Waals surface area contributed by atoms with Gasteiger partial charge in [0.15, 0.2) is 0 Å². The number of amides is 2. The second kappa shape index (κ2) is 8.20. The van der Waals surface area contributed by atoms with Gasteiger partial charge in [-0.15, -0.1) is 0 Å². The molecule has 1 fully saturated rings. The van der Waals surface area contributed by atoms with Gasteiger partial charge in [0.05, 0.1) is 0 Å². The van der Waals surface area contributed by atoms with Gasteiger partial charge >= 0.3 is 6.03 Å². The third kappa shape index (κ3) is 3.96. The Balaban J connectivity index is 1.35. The van der Waals surface area contributed by atoms with Gasteiger partial charge in [-0.2, -0.15) is 0 Å². The van der Waals surface area contributed by atoms with E-state index < -0.39 is 0 Å². The first-order valence-corrected chi connectivity index (χ1v) is 11.1. The molecule has 158 valence electrons. The van der Waals surface area contributed by atoms with E-state index in [-0.39, 0.29) is 11.4 Å². The van der Waals surface area contributed by atoms with Crippen LogP contribution < -0.4 is 10.2 Å². The molecule has 3 aromatic carbocycles. The Morgan fingerprint density at radius 1 is 0.935 bits per heavy atom. The van der Waals surface area contributed by atoms with Crippen molar-refractivity contribution >= 4 is 17.4 Å². The highest BCUT2D eigenvalue weighted by Gasteiger charge is 2.46. The van der Waals surface area contributed by atoms with Crippen LogP contribution in [-0.2, 0) is 12.0 Å². The van der Waals surface area contributed by atoms with Gasteiger partial charge < -0.3 is 5.32 Å². The minimum absolute atomic E-state index is 0.0418. The standard InChI is InChI=1S/C27H29N3O/c1-21-12-13-25-24(18-21)27(20-30(25)26(31)28-23-10-6-3-7-11-23)14-16-29(17-15-27)19-22-8-4-2-5-9-22/h2-13,18H,14-17,19-20H2,1H3,(H,28,31). The number of para-hydroxylation sites is 1. The predicted molar refractivity (Wildman–Crippen MR) is 127 cm³/mol. The SMILES string of the molecule is Cc1ccc2c(c1)C1(CCN(Cc3ccccc3)CC1)CN2C(=O)Nc1ccccc1. The molecule has 4 heteroatoms. The molecule has 0 bridgehead atoms. The van der Waals surface area contributed by atoms with E-state index in [4.69, 9.17) is 0 Å². The Hall–Kier alpha value is -3.11. The fourth-order valence-corrected chi connectivity index (χ4v) is 5.08. The van der Waals surface area contributed by atoms with Crippen molar-refractivity contribution in [2.75, 3.05) is 29.9 Å². The summed E-state index contributed by atoms with van der Waals surface area (Å²) in [5.41, 5.74) is 5.91. The van der Waals surface area contributed by atoms with E-state index in [1.54, 1.807) is 0 Å². The van der Waals surface area contributed by atoms with E-state index >= 15 is 0 Å². The van der Waals surface area contributed by atoms with Gasteiger partial charge in [0.2, 0.25) is 0 Å². The first-order valence-electron chi connectivity index (χ1n) is 11.1. The highest BCUT2D eigenvalue weighted by molar-refractivity contribution is 6.03. The number of aryl methyl sites for hydroxylation is 1. The zero-order valence-electron chi connectivity index (χ0n) is 18.1. The molecule has 0 atom stereocenters. The van der Waals surface area contributed by atoms with Crippen molar-refractivity contribution in [1.29, 1.82) is 0 Å². The van der Waals surface area contributed by atoms with E-state index in [0.29, 0.717) is 0 Å². The molecule has 1 spiro atoms. The molecule has 3 aromatic rings. The van der Waals surface area contributed by atoms with E-state index in [9.17, 15) is 4.79 Å². The maximum atomic E-state index is 13.2. The lowest BCUT2D eigenvalue weighted by Gasteiger charge is -2.40. The second-order valence-corrected chi connectivity index (χ2v) is 8.95. The van der Waals surface area contributed by atoms with Gasteiger partial charge in [0, 0.05) is 29.9 Å². The van der Waals surface area contributed by atoms with Crippen LogP contribution in [0.5, 0.6) is 0 Å². The van der Waals surface area contributed by atoms with Crippen molar-refractivity contribution in [2.45, 2.75) is 31.7 Å². The van der Waals surface area contributed by atoms with Crippen LogP contribution in [0.4, 0.5) is 16.2 Å². The average Bonchev–Trinajstić information content (AvgIpc) is 3.10. The minimum Gasteiger partial charge on any atom is -0.308 e. The second-order valence-electron chi connectivity index (χ2n) is 8.95. The molecule has 0 saturated carbocycles. The summed E-state index contributed by atoms with van der Waals surface area (Å²) in [6, 6.07) is 26.9. The van der Waals surface area contributed by atoms with Crippen molar-refractivity contribution in [2.24, 2.45) is 0 Å². The Kier molecular flexibility index (Phi) is 5.24. The van der Waals surface area contributed by atoms with Crippen molar-refractivity contribution in [1.82, 2.24) is 4.90 Å². The van der Waals surface area contributed by atoms with Gasteiger partial charge in [-0.3, -0.25) is 9.80 Å². The predicted octanol–water partition coefficient (Wildman–Crippen LogP) is 5.58. The smallest absolute Gasteiger partial charge is 0.308 e. The van der Waals surface area contributed by atoms with E-state index in [0.717, 1.165) is 50.4 Å². The summed E-state index contributed by atoms with van der Waals surface area (Å²) in [6.07, 6.45) is 2.15. The number of benzene rings is 3. The summed E-state index contributed by atoms with van der Waals surface area (Å²) in [5.74, 6) is 0. The van der Waals surface area contributed by atoms with E-state index in [1.807, 2.05) is 35.2 Å². The number of likely N-dealkylation sites (tertiary alicyclic amines) is 1. The van der Waals surface area contributed by atoms with Crippen LogP contribution in [-0.4, -0.2) is 30.6 Å². The number of rotatable bonds is 3. The monoisotopic (exact) mass is 411 g/mol. The molecule has 5 rings (SSSR count). The number of nitrogens with zero attached hydrogens (tertiary/aromatic N) is 2. The number of anilines is 2. The number of fused-ring (bicyclic) bond motifs is 2. The molecule has 1 N–H and O–H groups in total. The maximum absolute atomic E-state index is 13.2. The maximum Gasteiger partial charge on any atom is 0.326 e. The fraction of sp³-hybridized carbons (Fsp3) is 0.296. The number of hydrogen-bond donors (Lipinski definition) is 1. The Morgan fingerprint density at radius 3 is 2.32 bits per heavy atom. The van der Waals surface area contributed by atoms with Crippen LogP contribution >= 0.6 is 0 Å². The van der Waals surface area contributed by atoms with Gasteiger partial charge in [-0.05, 0) is 62.2 Å². The number of piperidine rings is 1. The number of nitrogens with one attached hydrogen (secondary N) is 1. The summed E-state index contributed by atoms with van der Waals surface area (Å²) >= 11 is 0. The molecule has 0 unspecified atom stereocenters. The quantitative estimate of drug-likeness (QED) is 0.611. The summed E-state index contributed by atoms with van der Waals surface area (Å²) in [6.45, 7) is 6.00. The molecule has 2 aliphatic rings. The first-order chi connectivity index (χ1) is 15.1. The zero-order valence-corrected chi connectivity index (χ0v) is 18.1. The lowest BCUT2D eigenvalue weighted by atomic mass is 9.74. The summed E-state index contributed by atoms with van der Waals surface area (Å²) in [7, 11) is 0. The van der Waals surface area contributed by atoms with Crippen molar-refractivity contribution in [3.05, 3.63) is 95.6 Å². The molecule has 2 aliphatic heterocycles. The van der Waals surface area contributed by atoms with Gasteiger partial charge in [0.25, 0.3) is 0 Å². The topological polar surface area (TPSA) is 35.6 Å². The summed E-state index contributed by atoms with van der Waals surface area (Å²) < 4.78 is 0. The molecule has 2 heterocycles. The Morgan fingerprint density at radius 2 is 1.61 bits per heavy atom. The molecule has 0 radical (unpaired) electrons. The molecular weight excluding hydrogens is 382 g/mol. The third-order valence-corrected chi connectivity index (χ3v) is 6.81. The van der Waals surface area contributed by atoms with E-state index in [1.165, 1.54) is 16.7 Å². The number of hydrogen-bond acceptors (Lipinski definition) is 2. The van der Waals surface area contributed by atoms with Crippen molar-refractivity contribution in [3.8, 4) is 0 Å². The van der Waals surface area contributed by atoms with Crippen LogP contribution in [0.25, 0.3) is 0 Å². The molecule has 2 amide bonds. The summed E-state index contributed by atoms with van der Waals surface area (Å²) in [5, 5.41) is 3.08. The van der Waals surface area contributed by atoms with E-state index in [2.05, 4.69) is 65.7 Å². The van der Waals surface area contributed by atoms with Crippen LogP contribution in [0.15, 0.2) is 78.9 Å². The lowest BCUT2D eigenvalue weighted by Crippen LogP contribution is -2.46. The van der Waals surface area contributed by atoms with Crippen LogP contribution in [0.2, 0.25) is 0 Å². The number of urea groups is 1. The Labute approximate surface area is 184 Å². The minimum atomic E-state index is -0.0418. The van der Waals surface area contributed by atoms with Crippen molar-refractivity contribution < 1.29 is 4.79 Å². The third-order valence-electron chi connectivity index (χ3n) is 6.81. The fourth-order valence-electron chi connectivity index (χ4n) is 5.08. The first kappa shape index (κ1) is 19.8. The molecule has 1 saturated heterocycles. The van der Waals surface area contributed by atoms with Gasteiger partial charge in [-0.25, -0.2) is 4.79 Å². The van der Waals surface area contributed by atoms with Crippen LogP contribution in [0.3, 0.4) is 0 Å². The molecular formula is C27H29N3O. The molecule has 4 nitrogen and oxygen atoms in total. The van der Waals surface area contributed by atoms with Crippen LogP contribution in [0, 0.1) is 6.92 Å². The highest BCUT2D eigenvalue weighted by atomic mass is 16.2. The molecule has 0 aromatic heterocycles. The lowest BCUT2D eigenvalue weighted by molar-refractivity contribution is 0.160. The van der Waals surface area contributed by atoms with Gasteiger partial charge in [-0.1, -0.05) is 66.2 Å². The molecule has 0 aliphatic carbocycles. The normalized spacial score (nSPS) is 17.5. The average molecular weight is 412 g/mol. The number of carbonyl (C=O) groups excluding carboxylic acids is 1. The van der Waals surface area contributed by atoms with Crippen molar-refractivity contribution in [3.63, 3.8) is 0 Å². The largest absolute Gasteiger partial charge is 0.326 e. The Bertz CT molecular complexity index is 1060. The highest BCUT2D eigenvalue weighted by Crippen LogP contribution is 2.47. The van der Waals surface area contributed by atoms with Gasteiger partial charge in [0.1, 0.15) is 0 Å². The molecule has 31 heavy (non-hydrogen) atoms.